The van der Waals surface area contributed by atoms with E-state index < -0.39 is 0 Å². The second kappa shape index (κ2) is 8.27. The predicted octanol–water partition coefficient (Wildman–Crippen LogP) is 5.53. The quantitative estimate of drug-likeness (QED) is 0.522. The minimum absolute atomic E-state index is 0.0928. The first-order valence-electron chi connectivity index (χ1n) is 8.44. The maximum atomic E-state index is 12.1. The molecule has 27 heavy (non-hydrogen) atoms. The van der Waals surface area contributed by atoms with Gasteiger partial charge in [-0.05, 0) is 51.2 Å². The monoisotopic (exact) mass is 445 g/mol. The molecule has 2 aromatic carbocycles. The highest BCUT2D eigenvalue weighted by Gasteiger charge is 2.15. The number of hydrogen-bond donors (Lipinski definition) is 1. The van der Waals surface area contributed by atoms with Crippen LogP contribution in [0, 0.1) is 0 Å². The summed E-state index contributed by atoms with van der Waals surface area (Å²) in [7, 11) is 0. The van der Waals surface area contributed by atoms with Crippen molar-refractivity contribution in [3.8, 4) is 11.5 Å². The topological polar surface area (TPSA) is 68.0 Å². The Morgan fingerprint density at radius 2 is 1.81 bits per heavy atom. The lowest BCUT2D eigenvalue weighted by atomic mass is 9.87. The van der Waals surface area contributed by atoms with Gasteiger partial charge in [-0.3, -0.25) is 4.79 Å². The van der Waals surface area contributed by atoms with Crippen LogP contribution in [0.15, 0.2) is 62.6 Å². The number of carbonyl (C=O) groups excluding carboxylic acids is 1. The predicted molar refractivity (Wildman–Crippen MR) is 112 cm³/mol. The van der Waals surface area contributed by atoms with E-state index in [1.54, 1.807) is 0 Å². The fourth-order valence-corrected chi connectivity index (χ4v) is 3.32. The molecule has 1 heterocycles. The molecule has 1 amide bonds. The molecule has 0 atom stereocenters. The molecule has 7 heteroatoms. The number of carbonyl (C=O) groups is 1. The summed E-state index contributed by atoms with van der Waals surface area (Å²) in [5, 5.41) is 11.3. The number of nitrogens with zero attached hydrogens (tertiary/aromatic N) is 2. The van der Waals surface area contributed by atoms with Crippen molar-refractivity contribution in [1.82, 2.24) is 10.2 Å². The van der Waals surface area contributed by atoms with Gasteiger partial charge in [0, 0.05) is 10.0 Å². The summed E-state index contributed by atoms with van der Waals surface area (Å²) >= 11 is 4.61. The number of rotatable bonds is 5. The lowest BCUT2D eigenvalue weighted by Gasteiger charge is -2.18. The maximum Gasteiger partial charge on any atom is 0.277 e. The molecular formula is C20H20BrN3O2S. The van der Waals surface area contributed by atoms with E-state index in [0.29, 0.717) is 11.1 Å². The summed E-state index contributed by atoms with van der Waals surface area (Å²) in [5.74, 6) is 0.497. The van der Waals surface area contributed by atoms with Gasteiger partial charge in [0.1, 0.15) is 0 Å². The van der Waals surface area contributed by atoms with Crippen molar-refractivity contribution in [2.45, 2.75) is 31.4 Å². The van der Waals surface area contributed by atoms with Crippen molar-refractivity contribution in [2.75, 3.05) is 11.1 Å². The minimum atomic E-state index is -0.138. The normalized spacial score (nSPS) is 11.4. The van der Waals surface area contributed by atoms with Gasteiger partial charge in [0.25, 0.3) is 5.22 Å². The Kier molecular flexibility index (Phi) is 6.01. The molecule has 0 unspecified atom stereocenters. The zero-order chi connectivity index (χ0) is 19.4. The lowest BCUT2D eigenvalue weighted by Crippen LogP contribution is -2.14. The van der Waals surface area contributed by atoms with E-state index >= 15 is 0 Å². The van der Waals surface area contributed by atoms with Crippen LogP contribution < -0.4 is 5.32 Å². The standard InChI is InChI=1S/C20H20BrN3O2S/c1-20(2,3)14-10-8-13(9-11-14)18-23-24-19(26-18)27-12-17(25)22-16-7-5-4-6-15(16)21/h4-11H,12H2,1-3H3,(H,22,25). The molecule has 0 fully saturated rings. The number of aromatic nitrogens is 2. The highest BCUT2D eigenvalue weighted by Crippen LogP contribution is 2.27. The van der Waals surface area contributed by atoms with Gasteiger partial charge >= 0.3 is 0 Å². The van der Waals surface area contributed by atoms with E-state index in [9.17, 15) is 4.79 Å². The van der Waals surface area contributed by atoms with Crippen LogP contribution >= 0.6 is 27.7 Å². The fraction of sp³-hybridized carbons (Fsp3) is 0.250. The summed E-state index contributed by atoms with van der Waals surface area (Å²) in [6.45, 7) is 6.51. The Morgan fingerprint density at radius 3 is 2.48 bits per heavy atom. The van der Waals surface area contributed by atoms with Gasteiger partial charge in [0.05, 0.1) is 11.4 Å². The molecule has 0 saturated heterocycles. The van der Waals surface area contributed by atoms with E-state index in [-0.39, 0.29) is 17.1 Å². The fourth-order valence-electron chi connectivity index (χ4n) is 2.37. The molecule has 140 valence electrons. The van der Waals surface area contributed by atoms with Gasteiger partial charge in [-0.1, -0.05) is 56.8 Å². The van der Waals surface area contributed by atoms with E-state index in [0.717, 1.165) is 15.7 Å². The average Bonchev–Trinajstić information content (AvgIpc) is 3.10. The second-order valence-electron chi connectivity index (χ2n) is 7.02. The van der Waals surface area contributed by atoms with Crippen LogP contribution in [0.25, 0.3) is 11.5 Å². The molecule has 3 aromatic rings. The van der Waals surface area contributed by atoms with Crippen LogP contribution in [-0.4, -0.2) is 21.9 Å². The van der Waals surface area contributed by atoms with Crippen LogP contribution in [0.4, 0.5) is 5.69 Å². The Labute approximate surface area is 171 Å². The van der Waals surface area contributed by atoms with Crippen molar-refractivity contribution >= 4 is 39.3 Å². The van der Waals surface area contributed by atoms with E-state index in [1.165, 1.54) is 17.3 Å². The number of amides is 1. The van der Waals surface area contributed by atoms with Crippen molar-refractivity contribution in [2.24, 2.45) is 0 Å². The molecule has 0 aliphatic heterocycles. The third-order valence-corrected chi connectivity index (χ3v) is 5.39. The molecule has 1 aromatic heterocycles. The first kappa shape index (κ1) is 19.6. The number of hydrogen-bond acceptors (Lipinski definition) is 5. The lowest BCUT2D eigenvalue weighted by molar-refractivity contribution is -0.113. The first-order valence-corrected chi connectivity index (χ1v) is 10.2. The number of nitrogens with one attached hydrogen (secondary N) is 1. The molecule has 1 N–H and O–H groups in total. The van der Waals surface area contributed by atoms with E-state index in [1.807, 2.05) is 36.4 Å². The van der Waals surface area contributed by atoms with Crippen molar-refractivity contribution in [1.29, 1.82) is 0 Å². The number of para-hydroxylation sites is 1. The smallest absolute Gasteiger partial charge is 0.277 e. The van der Waals surface area contributed by atoms with Crippen molar-refractivity contribution in [3.63, 3.8) is 0 Å². The Bertz CT molecular complexity index is 933. The molecule has 0 radical (unpaired) electrons. The van der Waals surface area contributed by atoms with Crippen LogP contribution in [-0.2, 0) is 10.2 Å². The highest BCUT2D eigenvalue weighted by atomic mass is 79.9. The number of anilines is 1. The van der Waals surface area contributed by atoms with Gasteiger partial charge < -0.3 is 9.73 Å². The Hall–Kier alpha value is -2.12. The third kappa shape index (κ3) is 5.20. The average molecular weight is 446 g/mol. The molecule has 3 rings (SSSR count). The summed E-state index contributed by atoms with van der Waals surface area (Å²) in [6.07, 6.45) is 0. The van der Waals surface area contributed by atoms with Gasteiger partial charge in [-0.2, -0.15) is 0 Å². The number of benzene rings is 2. The summed E-state index contributed by atoms with van der Waals surface area (Å²) < 4.78 is 6.51. The summed E-state index contributed by atoms with van der Waals surface area (Å²) in [6, 6.07) is 15.5. The maximum absolute atomic E-state index is 12.1. The molecule has 0 spiro atoms. The van der Waals surface area contributed by atoms with Gasteiger partial charge in [-0.15, -0.1) is 10.2 Å². The molecular weight excluding hydrogens is 426 g/mol. The van der Waals surface area contributed by atoms with Gasteiger partial charge in [-0.25, -0.2) is 0 Å². The van der Waals surface area contributed by atoms with Crippen LogP contribution in [0.2, 0.25) is 0 Å². The highest BCUT2D eigenvalue weighted by molar-refractivity contribution is 9.10. The summed E-state index contributed by atoms with van der Waals surface area (Å²) in [5.41, 5.74) is 2.92. The first-order chi connectivity index (χ1) is 12.8. The zero-order valence-corrected chi connectivity index (χ0v) is 17.7. The minimum Gasteiger partial charge on any atom is -0.411 e. The SMILES string of the molecule is CC(C)(C)c1ccc(-c2nnc(SCC(=O)Nc3ccccc3Br)o2)cc1. The third-order valence-electron chi connectivity index (χ3n) is 3.88. The summed E-state index contributed by atoms with van der Waals surface area (Å²) in [4.78, 5) is 12.1. The molecule has 0 aliphatic carbocycles. The van der Waals surface area contributed by atoms with Crippen molar-refractivity contribution < 1.29 is 9.21 Å². The van der Waals surface area contributed by atoms with Crippen LogP contribution in [0.5, 0.6) is 0 Å². The number of halogens is 1. The number of thioether (sulfide) groups is 1. The largest absolute Gasteiger partial charge is 0.411 e. The Morgan fingerprint density at radius 1 is 1.11 bits per heavy atom. The van der Waals surface area contributed by atoms with Crippen molar-refractivity contribution in [3.05, 3.63) is 58.6 Å². The Balaban J connectivity index is 1.59. The molecule has 0 aliphatic rings. The van der Waals surface area contributed by atoms with Crippen LogP contribution in [0.3, 0.4) is 0 Å². The van der Waals surface area contributed by atoms with E-state index in [2.05, 4.69) is 64.3 Å². The molecule has 0 saturated carbocycles. The molecule has 5 nitrogen and oxygen atoms in total. The van der Waals surface area contributed by atoms with Gasteiger partial charge in [0.15, 0.2) is 0 Å². The molecule has 0 bridgehead atoms. The van der Waals surface area contributed by atoms with Gasteiger partial charge in [0.2, 0.25) is 11.8 Å². The van der Waals surface area contributed by atoms with E-state index in [4.69, 9.17) is 4.42 Å². The zero-order valence-electron chi connectivity index (χ0n) is 15.3. The van der Waals surface area contributed by atoms with Crippen LogP contribution in [0.1, 0.15) is 26.3 Å². The second-order valence-corrected chi connectivity index (χ2v) is 8.80.